The van der Waals surface area contributed by atoms with Crippen molar-refractivity contribution in [1.82, 2.24) is 9.13 Å². The molecule has 278 valence electrons. The largest absolute Gasteiger partial charge is 0.485 e. The van der Waals surface area contributed by atoms with Crippen molar-refractivity contribution >= 4 is 44.4 Å². The molecule has 5 aliphatic carbocycles. The summed E-state index contributed by atoms with van der Waals surface area (Å²) in [7, 11) is 0. The first-order valence-electron chi connectivity index (χ1n) is 21.1. The number of aromatic nitrogens is 2. The molecular formula is C55H42N2O. The Labute approximate surface area is 338 Å². The Morgan fingerprint density at radius 3 is 2.26 bits per heavy atom. The topological polar surface area (TPSA) is 19.1 Å². The highest BCUT2D eigenvalue weighted by molar-refractivity contribution is 6.09. The molecular weight excluding hydrogens is 705 g/mol. The number of ether oxygens (including phenoxy) is 1. The summed E-state index contributed by atoms with van der Waals surface area (Å²) in [6, 6.07) is 42.5. The highest BCUT2D eigenvalue weighted by Gasteiger charge is 2.58. The van der Waals surface area contributed by atoms with Crippen LogP contribution in [0.1, 0.15) is 47.6 Å². The highest BCUT2D eigenvalue weighted by Crippen LogP contribution is 2.67. The normalized spacial score (nSPS) is 24.9. The molecule has 0 bridgehead atoms. The Hall–Kier alpha value is -6.58. The maximum absolute atomic E-state index is 6.58. The molecule has 3 nitrogen and oxygen atoms in total. The van der Waals surface area contributed by atoms with Crippen LogP contribution in [0.2, 0.25) is 0 Å². The van der Waals surface area contributed by atoms with E-state index in [1.54, 1.807) is 0 Å². The van der Waals surface area contributed by atoms with E-state index in [4.69, 9.17) is 4.74 Å². The second-order valence-corrected chi connectivity index (χ2v) is 17.1. The van der Waals surface area contributed by atoms with Crippen molar-refractivity contribution in [3.8, 4) is 17.1 Å². The zero-order valence-corrected chi connectivity index (χ0v) is 32.3. The van der Waals surface area contributed by atoms with Crippen LogP contribution in [0.25, 0.3) is 55.7 Å². The Morgan fingerprint density at radius 2 is 1.41 bits per heavy atom. The first-order valence-corrected chi connectivity index (χ1v) is 21.1. The fourth-order valence-electron chi connectivity index (χ4n) is 11.3. The molecule has 0 amide bonds. The molecule has 5 atom stereocenters. The van der Waals surface area contributed by atoms with Crippen LogP contribution < -0.4 is 4.74 Å². The minimum absolute atomic E-state index is 0.0230. The van der Waals surface area contributed by atoms with Gasteiger partial charge in [-0.3, -0.25) is 0 Å². The molecule has 0 saturated heterocycles. The monoisotopic (exact) mass is 746 g/mol. The first kappa shape index (κ1) is 32.5. The van der Waals surface area contributed by atoms with Gasteiger partial charge in [0.15, 0.2) is 0 Å². The summed E-state index contributed by atoms with van der Waals surface area (Å²) in [5.41, 5.74) is 15.9. The predicted octanol–water partition coefficient (Wildman–Crippen LogP) is 13.2. The molecule has 1 aliphatic heterocycles. The van der Waals surface area contributed by atoms with Crippen LogP contribution in [0.15, 0.2) is 187 Å². The Morgan fingerprint density at radius 1 is 0.655 bits per heavy atom. The van der Waals surface area contributed by atoms with E-state index < -0.39 is 0 Å². The zero-order chi connectivity index (χ0) is 38.0. The third-order valence-corrected chi connectivity index (χ3v) is 14.1. The minimum Gasteiger partial charge on any atom is -0.485 e. The summed E-state index contributed by atoms with van der Waals surface area (Å²) < 4.78 is 11.5. The molecule has 58 heavy (non-hydrogen) atoms. The number of nitrogens with zero attached hydrogens (tertiary/aromatic N) is 2. The molecule has 1 fully saturated rings. The molecule has 6 aliphatic rings. The van der Waals surface area contributed by atoms with Crippen molar-refractivity contribution in [3.63, 3.8) is 0 Å². The van der Waals surface area contributed by atoms with Crippen molar-refractivity contribution in [3.05, 3.63) is 210 Å². The van der Waals surface area contributed by atoms with Gasteiger partial charge >= 0.3 is 0 Å². The van der Waals surface area contributed by atoms with Crippen LogP contribution in [0.4, 0.5) is 0 Å². The molecule has 3 heteroatoms. The average molecular weight is 747 g/mol. The van der Waals surface area contributed by atoms with Gasteiger partial charge in [-0.2, -0.15) is 0 Å². The quantitative estimate of drug-likeness (QED) is 0.172. The maximum Gasteiger partial charge on any atom is 0.128 e. The summed E-state index contributed by atoms with van der Waals surface area (Å²) in [6.45, 7) is 0. The highest BCUT2D eigenvalue weighted by atomic mass is 16.5. The Bertz CT molecular complexity index is 3080. The van der Waals surface area contributed by atoms with Crippen LogP contribution in [0, 0.1) is 17.3 Å². The SMILES string of the molecule is C1=CC2(C3C=C(C4=CC5c6cc(-n7c8c(c9ccccc97)C=CCC8)ccc6OC5C=C4)C=CC3)CC2C(c2cccc(-n3c4ccccc4c4ccccc43)c2)=C1. The lowest BCUT2D eigenvalue weighted by Crippen LogP contribution is -2.20. The number of benzene rings is 5. The molecule has 0 N–H and O–H groups in total. The van der Waals surface area contributed by atoms with Crippen molar-refractivity contribution < 1.29 is 4.74 Å². The van der Waals surface area contributed by atoms with E-state index in [-0.39, 0.29) is 17.4 Å². The van der Waals surface area contributed by atoms with Crippen LogP contribution in [0.5, 0.6) is 5.75 Å². The molecule has 3 heterocycles. The van der Waals surface area contributed by atoms with Gasteiger partial charge in [0.05, 0.1) is 16.6 Å². The van der Waals surface area contributed by atoms with Gasteiger partial charge in [-0.15, -0.1) is 0 Å². The van der Waals surface area contributed by atoms with Crippen molar-refractivity contribution in [2.45, 2.75) is 37.7 Å². The number of hydrogen-bond acceptors (Lipinski definition) is 1. The van der Waals surface area contributed by atoms with Gasteiger partial charge in [0.2, 0.25) is 0 Å². The standard InChI is InChI=1S/C55H42N2O/c1-5-21-49-42(16-1)43-17-2-6-22-50(43)56(49)39-15-10-13-37(31-39)41-20-11-29-55(34-48(41)55)38-14-9-12-35(30-38)36-25-27-53-46(32-36)47-33-40(26-28-54(47)58-53)57-51-23-7-3-18-44(51)45-19-4-8-24-52(45)57/h1-7,9-13,15-23,25-33,38,46,48,53H,8,14,24,34H2. The first-order chi connectivity index (χ1) is 28.7. The lowest BCUT2D eigenvalue weighted by Gasteiger charge is -2.29. The second-order valence-electron chi connectivity index (χ2n) is 17.1. The van der Waals surface area contributed by atoms with Gasteiger partial charge in [-0.25, -0.2) is 0 Å². The summed E-state index contributed by atoms with van der Waals surface area (Å²) in [5.74, 6) is 2.15. The summed E-state index contributed by atoms with van der Waals surface area (Å²) >= 11 is 0. The van der Waals surface area contributed by atoms with Gasteiger partial charge in [-0.1, -0.05) is 127 Å². The minimum atomic E-state index is 0.0230. The number of para-hydroxylation sites is 3. The molecule has 0 radical (unpaired) electrons. The van der Waals surface area contributed by atoms with E-state index in [2.05, 4.69) is 191 Å². The van der Waals surface area contributed by atoms with E-state index in [1.807, 2.05) is 0 Å². The predicted molar refractivity (Wildman–Crippen MR) is 239 cm³/mol. The van der Waals surface area contributed by atoms with Crippen molar-refractivity contribution in [2.24, 2.45) is 17.3 Å². The summed E-state index contributed by atoms with van der Waals surface area (Å²) in [5, 5.41) is 3.93. The zero-order valence-electron chi connectivity index (χ0n) is 32.3. The number of fused-ring (bicyclic) bond motifs is 10. The molecule has 5 unspecified atom stereocenters. The fourth-order valence-corrected chi connectivity index (χ4v) is 11.3. The van der Waals surface area contributed by atoms with Crippen molar-refractivity contribution in [2.75, 3.05) is 0 Å². The van der Waals surface area contributed by atoms with Crippen molar-refractivity contribution in [1.29, 1.82) is 0 Å². The molecule has 1 saturated carbocycles. The molecule has 7 aromatic rings. The van der Waals surface area contributed by atoms with E-state index in [9.17, 15) is 0 Å². The Balaban J connectivity index is 0.808. The van der Waals surface area contributed by atoms with Crippen LogP contribution in [-0.4, -0.2) is 15.2 Å². The summed E-state index contributed by atoms with van der Waals surface area (Å²) in [4.78, 5) is 0. The van der Waals surface area contributed by atoms with Gasteiger partial charge in [-0.05, 0) is 114 Å². The third-order valence-electron chi connectivity index (χ3n) is 14.1. The number of allylic oxidation sites excluding steroid dienone is 11. The summed E-state index contributed by atoms with van der Waals surface area (Å²) in [6.07, 6.45) is 30.8. The van der Waals surface area contributed by atoms with Crippen LogP contribution in [-0.2, 0) is 6.42 Å². The average Bonchev–Trinajstić information content (AvgIpc) is 3.63. The molecule has 13 rings (SSSR count). The molecule has 5 aromatic carbocycles. The van der Waals surface area contributed by atoms with Gasteiger partial charge in [0.1, 0.15) is 11.9 Å². The fraction of sp³-hybridized carbons (Fsp3) is 0.164. The molecule has 0 spiro atoms. The lowest BCUT2D eigenvalue weighted by molar-refractivity contribution is 0.268. The van der Waals surface area contributed by atoms with Crippen LogP contribution in [0.3, 0.4) is 0 Å². The number of rotatable bonds is 5. The van der Waals surface area contributed by atoms with E-state index in [0.29, 0.717) is 11.8 Å². The second kappa shape index (κ2) is 12.2. The Kier molecular flexibility index (Phi) is 6.84. The van der Waals surface area contributed by atoms with Gasteiger partial charge in [0.25, 0.3) is 0 Å². The van der Waals surface area contributed by atoms with E-state index in [1.165, 1.54) is 89.6 Å². The smallest absolute Gasteiger partial charge is 0.128 e. The number of hydrogen-bond donors (Lipinski definition) is 0. The van der Waals surface area contributed by atoms with E-state index in [0.717, 1.165) is 25.0 Å². The third kappa shape index (κ3) is 4.68. The van der Waals surface area contributed by atoms with Crippen LogP contribution >= 0.6 is 0 Å². The van der Waals surface area contributed by atoms with Gasteiger partial charge < -0.3 is 13.9 Å². The molecule has 2 aromatic heterocycles. The van der Waals surface area contributed by atoms with E-state index >= 15 is 0 Å². The lowest BCUT2D eigenvalue weighted by atomic mass is 9.75. The maximum atomic E-state index is 6.58. The van der Waals surface area contributed by atoms with Gasteiger partial charge in [0, 0.05) is 55.7 Å².